The Morgan fingerprint density at radius 1 is 1.40 bits per heavy atom. The van der Waals surface area contributed by atoms with Crippen molar-refractivity contribution in [2.45, 2.75) is 20.3 Å². The third kappa shape index (κ3) is 1.72. The monoisotopic (exact) mass is 222 g/mol. The van der Waals surface area contributed by atoms with Crippen molar-refractivity contribution in [2.75, 3.05) is 0 Å². The first-order valence-corrected chi connectivity index (χ1v) is 5.12. The minimum atomic E-state index is 0.378. The van der Waals surface area contributed by atoms with Crippen molar-refractivity contribution in [3.8, 4) is 5.69 Å². The van der Waals surface area contributed by atoms with Crippen LogP contribution in [-0.4, -0.2) is 19.7 Å². The van der Waals surface area contributed by atoms with Gasteiger partial charge in [0.15, 0.2) is 0 Å². The Morgan fingerprint density at radius 3 is 2.87 bits per heavy atom. The maximum absolute atomic E-state index is 5.99. The topological polar surface area (TPSA) is 43.6 Å². The molecule has 0 bridgehead atoms. The van der Waals surface area contributed by atoms with Crippen LogP contribution in [0.4, 0.5) is 0 Å². The maximum Gasteiger partial charge on any atom is 0.229 e. The van der Waals surface area contributed by atoms with Crippen molar-refractivity contribution in [2.24, 2.45) is 0 Å². The first kappa shape index (κ1) is 10.1. The van der Waals surface area contributed by atoms with Crippen LogP contribution < -0.4 is 0 Å². The number of nitrogens with zero attached hydrogens (tertiary/aromatic N) is 4. The number of pyridine rings is 1. The van der Waals surface area contributed by atoms with E-state index >= 15 is 0 Å². The van der Waals surface area contributed by atoms with E-state index < -0.39 is 0 Å². The van der Waals surface area contributed by atoms with Crippen LogP contribution >= 0.6 is 11.6 Å². The van der Waals surface area contributed by atoms with Gasteiger partial charge in [-0.2, -0.15) is 0 Å². The molecular formula is C10H11ClN4. The molecule has 0 amide bonds. The van der Waals surface area contributed by atoms with E-state index in [0.717, 1.165) is 23.5 Å². The lowest BCUT2D eigenvalue weighted by Gasteiger charge is -2.08. The Morgan fingerprint density at radius 2 is 2.20 bits per heavy atom. The first-order valence-electron chi connectivity index (χ1n) is 4.74. The molecule has 0 radical (unpaired) electrons. The number of hydrogen-bond acceptors (Lipinski definition) is 3. The highest BCUT2D eigenvalue weighted by Crippen LogP contribution is 2.19. The summed E-state index contributed by atoms with van der Waals surface area (Å²) in [6.45, 7) is 4.02. The van der Waals surface area contributed by atoms with Crippen LogP contribution in [0.25, 0.3) is 5.69 Å². The fourth-order valence-electron chi connectivity index (χ4n) is 1.45. The largest absolute Gasteiger partial charge is 0.268 e. The van der Waals surface area contributed by atoms with Gasteiger partial charge < -0.3 is 0 Å². The van der Waals surface area contributed by atoms with E-state index in [1.807, 2.05) is 24.5 Å². The molecule has 0 unspecified atom stereocenters. The molecule has 0 aliphatic rings. The van der Waals surface area contributed by atoms with Crippen molar-refractivity contribution in [3.63, 3.8) is 0 Å². The van der Waals surface area contributed by atoms with Gasteiger partial charge in [0.2, 0.25) is 5.28 Å². The smallest absolute Gasteiger partial charge is 0.229 e. The van der Waals surface area contributed by atoms with Gasteiger partial charge in [0.1, 0.15) is 5.82 Å². The lowest BCUT2D eigenvalue weighted by molar-refractivity contribution is 0.875. The van der Waals surface area contributed by atoms with E-state index in [1.165, 1.54) is 0 Å². The molecule has 4 nitrogen and oxygen atoms in total. The number of halogens is 1. The number of hydrogen-bond donors (Lipinski definition) is 0. The predicted molar refractivity (Wildman–Crippen MR) is 58.3 cm³/mol. The van der Waals surface area contributed by atoms with Gasteiger partial charge in [0, 0.05) is 12.6 Å². The summed E-state index contributed by atoms with van der Waals surface area (Å²) in [5.74, 6) is 0.844. The molecule has 2 aromatic rings. The van der Waals surface area contributed by atoms with Crippen LogP contribution in [0.15, 0.2) is 18.5 Å². The summed E-state index contributed by atoms with van der Waals surface area (Å²) in [4.78, 5) is 4.08. The Balaban J connectivity index is 2.63. The van der Waals surface area contributed by atoms with Gasteiger partial charge in [0.05, 0.1) is 11.9 Å². The molecule has 0 spiro atoms. The van der Waals surface area contributed by atoms with Gasteiger partial charge in [-0.25, -0.2) is 0 Å². The molecule has 0 saturated carbocycles. The first-order chi connectivity index (χ1) is 7.24. The van der Waals surface area contributed by atoms with E-state index in [9.17, 15) is 0 Å². The van der Waals surface area contributed by atoms with Crippen molar-refractivity contribution >= 4 is 11.6 Å². The number of rotatable bonds is 2. The molecule has 0 saturated heterocycles. The highest BCUT2D eigenvalue weighted by Gasteiger charge is 2.12. The SMILES string of the molecule is CCc1nnc(Cl)n1-c1cnccc1C. The molecule has 0 aliphatic carbocycles. The summed E-state index contributed by atoms with van der Waals surface area (Å²) in [5, 5.41) is 8.24. The molecule has 0 N–H and O–H groups in total. The molecule has 0 atom stereocenters. The Labute approximate surface area is 92.9 Å². The third-order valence-electron chi connectivity index (χ3n) is 2.26. The molecular weight excluding hydrogens is 212 g/mol. The second-order valence-electron chi connectivity index (χ2n) is 3.24. The summed E-state index contributed by atoms with van der Waals surface area (Å²) in [7, 11) is 0. The predicted octanol–water partition coefficient (Wildman–Crippen LogP) is 2.19. The Bertz CT molecular complexity index is 478. The van der Waals surface area contributed by atoms with Crippen LogP contribution in [-0.2, 0) is 6.42 Å². The minimum absolute atomic E-state index is 0.378. The molecule has 0 aromatic carbocycles. The van der Waals surface area contributed by atoms with E-state index in [4.69, 9.17) is 11.6 Å². The fourth-order valence-corrected chi connectivity index (χ4v) is 1.68. The van der Waals surface area contributed by atoms with Crippen molar-refractivity contribution in [1.29, 1.82) is 0 Å². The Hall–Kier alpha value is -1.42. The highest BCUT2D eigenvalue weighted by atomic mass is 35.5. The molecule has 0 fully saturated rings. The third-order valence-corrected chi connectivity index (χ3v) is 2.50. The molecule has 15 heavy (non-hydrogen) atoms. The normalized spacial score (nSPS) is 10.6. The molecule has 2 rings (SSSR count). The average Bonchev–Trinajstić information content (AvgIpc) is 2.60. The summed E-state index contributed by atoms with van der Waals surface area (Å²) < 4.78 is 1.82. The van der Waals surface area contributed by atoms with Crippen LogP contribution in [0, 0.1) is 6.92 Å². The van der Waals surface area contributed by atoms with Crippen LogP contribution in [0.1, 0.15) is 18.3 Å². The quantitative estimate of drug-likeness (QED) is 0.783. The second-order valence-corrected chi connectivity index (χ2v) is 3.57. The van der Waals surface area contributed by atoms with Crippen molar-refractivity contribution in [1.82, 2.24) is 19.7 Å². The zero-order chi connectivity index (χ0) is 10.8. The zero-order valence-corrected chi connectivity index (χ0v) is 9.36. The van der Waals surface area contributed by atoms with Gasteiger partial charge in [0.25, 0.3) is 0 Å². The van der Waals surface area contributed by atoms with E-state index in [0.29, 0.717) is 5.28 Å². The van der Waals surface area contributed by atoms with Gasteiger partial charge in [-0.1, -0.05) is 6.92 Å². The molecule has 2 aromatic heterocycles. The van der Waals surface area contributed by atoms with Gasteiger partial charge in [-0.05, 0) is 30.2 Å². The van der Waals surface area contributed by atoms with Gasteiger partial charge in [-0.15, -0.1) is 10.2 Å². The van der Waals surface area contributed by atoms with Crippen molar-refractivity contribution in [3.05, 3.63) is 35.1 Å². The van der Waals surface area contributed by atoms with Crippen molar-refractivity contribution < 1.29 is 0 Å². The lowest BCUT2D eigenvalue weighted by Crippen LogP contribution is -2.02. The molecule has 78 valence electrons. The lowest BCUT2D eigenvalue weighted by atomic mass is 10.2. The summed E-state index contributed by atoms with van der Waals surface area (Å²) in [6, 6.07) is 1.94. The van der Waals surface area contributed by atoms with E-state index in [2.05, 4.69) is 15.2 Å². The van der Waals surface area contributed by atoms with E-state index in [1.54, 1.807) is 12.4 Å². The maximum atomic E-state index is 5.99. The van der Waals surface area contributed by atoms with Gasteiger partial charge in [-0.3, -0.25) is 9.55 Å². The standard InChI is InChI=1S/C10H11ClN4/c1-3-9-13-14-10(11)15(9)8-6-12-5-4-7(8)2/h4-6H,3H2,1-2H3. The van der Waals surface area contributed by atoms with Gasteiger partial charge >= 0.3 is 0 Å². The number of aromatic nitrogens is 4. The molecule has 0 aliphatic heterocycles. The zero-order valence-electron chi connectivity index (χ0n) is 8.61. The Kier molecular flexibility index (Phi) is 2.68. The minimum Gasteiger partial charge on any atom is -0.268 e. The average molecular weight is 223 g/mol. The summed E-state index contributed by atoms with van der Waals surface area (Å²) in [6.07, 6.45) is 4.31. The fraction of sp³-hybridized carbons (Fsp3) is 0.300. The number of aryl methyl sites for hydroxylation is 2. The van der Waals surface area contributed by atoms with Crippen LogP contribution in [0.2, 0.25) is 5.28 Å². The molecule has 2 heterocycles. The summed E-state index contributed by atoms with van der Waals surface area (Å²) >= 11 is 5.99. The summed E-state index contributed by atoms with van der Waals surface area (Å²) in [5.41, 5.74) is 2.03. The van der Waals surface area contributed by atoms with Crippen LogP contribution in [0.3, 0.4) is 0 Å². The van der Waals surface area contributed by atoms with Crippen LogP contribution in [0.5, 0.6) is 0 Å². The second kappa shape index (κ2) is 3.98. The van der Waals surface area contributed by atoms with E-state index in [-0.39, 0.29) is 0 Å². The molecule has 5 heteroatoms. The highest BCUT2D eigenvalue weighted by molar-refractivity contribution is 6.28.